The van der Waals surface area contributed by atoms with E-state index in [0.29, 0.717) is 17.0 Å². The Balaban J connectivity index is 1.67. The molecular weight excluding hydrogens is 630 g/mol. The van der Waals surface area contributed by atoms with Gasteiger partial charge in [-0.25, -0.2) is 14.4 Å². The molecule has 0 spiro atoms. The molecule has 5 amide bonds. The highest BCUT2D eigenvalue weighted by molar-refractivity contribution is 6.02. The molecule has 3 rings (SSSR count). The molecule has 1 aliphatic rings. The molecule has 0 aliphatic carbocycles. The van der Waals surface area contributed by atoms with Crippen LogP contribution in [-0.4, -0.2) is 70.1 Å². The van der Waals surface area contributed by atoms with E-state index in [1.54, 1.807) is 20.8 Å². The molecule has 1 fully saturated rings. The average molecular weight is 670 g/mol. The Hall–Kier alpha value is -5.54. The maximum Gasteiger partial charge on any atom is 0.408 e. The molecule has 0 saturated carbocycles. The van der Waals surface area contributed by atoms with Crippen LogP contribution in [0.15, 0.2) is 54.6 Å². The Morgan fingerprint density at radius 3 is 2.12 bits per heavy atom. The zero-order valence-corrected chi connectivity index (χ0v) is 26.9. The van der Waals surface area contributed by atoms with Gasteiger partial charge in [0, 0.05) is 37.9 Å². The first-order valence-corrected chi connectivity index (χ1v) is 15.3. The zero-order chi connectivity index (χ0) is 35.3. The molecule has 0 bridgehead atoms. The van der Waals surface area contributed by atoms with Gasteiger partial charge in [-0.15, -0.1) is 5.06 Å². The van der Waals surface area contributed by atoms with Crippen LogP contribution >= 0.6 is 0 Å². The standard InChI is InChI=1S/C32H39N5O11/c1-32(2,3)47-31(43)35-25(19-21-12-14-23(15-13-21)37(44)45)28(40)34-24(29(41)48-36-26(38)16-17-27(36)39)11-7-8-18-33-30(42)46-20-22-9-5-4-6-10-22/h4-6,9-10,12-15,24-25H,7-8,11,16-20H2,1-3H3,(H,33,42)(H,34,40)(H,35,43). The summed E-state index contributed by atoms with van der Waals surface area (Å²) in [5.74, 6) is -3.34. The van der Waals surface area contributed by atoms with Gasteiger partial charge in [-0.1, -0.05) is 42.5 Å². The second-order valence-electron chi connectivity index (χ2n) is 11.9. The summed E-state index contributed by atoms with van der Waals surface area (Å²) in [5.41, 5.74) is 0.191. The van der Waals surface area contributed by atoms with Crippen molar-refractivity contribution in [1.82, 2.24) is 21.0 Å². The fourth-order valence-electron chi connectivity index (χ4n) is 4.42. The molecular formula is C32H39N5O11. The summed E-state index contributed by atoms with van der Waals surface area (Å²) < 4.78 is 10.5. The number of nitro groups is 1. The predicted octanol–water partition coefficient (Wildman–Crippen LogP) is 3.22. The summed E-state index contributed by atoms with van der Waals surface area (Å²) in [4.78, 5) is 91.1. The Morgan fingerprint density at radius 1 is 0.875 bits per heavy atom. The summed E-state index contributed by atoms with van der Waals surface area (Å²) in [7, 11) is 0. The van der Waals surface area contributed by atoms with Crippen molar-refractivity contribution in [3.05, 3.63) is 75.8 Å². The molecule has 0 radical (unpaired) electrons. The van der Waals surface area contributed by atoms with Gasteiger partial charge in [-0.3, -0.25) is 24.5 Å². The summed E-state index contributed by atoms with van der Waals surface area (Å²) in [5, 5.41) is 19.0. The fourth-order valence-corrected chi connectivity index (χ4v) is 4.42. The molecule has 2 aromatic carbocycles. The number of nitro benzene ring substituents is 1. The molecule has 258 valence electrons. The maximum atomic E-state index is 13.6. The van der Waals surface area contributed by atoms with E-state index in [1.165, 1.54) is 24.3 Å². The van der Waals surface area contributed by atoms with E-state index >= 15 is 0 Å². The van der Waals surface area contributed by atoms with Crippen LogP contribution in [-0.2, 0) is 46.5 Å². The minimum absolute atomic E-state index is 0.0295. The number of hydroxylamine groups is 2. The van der Waals surface area contributed by atoms with Gasteiger partial charge in [-0.05, 0) is 51.2 Å². The molecule has 2 atom stereocenters. The van der Waals surface area contributed by atoms with E-state index in [-0.39, 0.29) is 50.9 Å². The largest absolute Gasteiger partial charge is 0.445 e. The van der Waals surface area contributed by atoms with Crippen molar-refractivity contribution >= 4 is 41.6 Å². The van der Waals surface area contributed by atoms with Crippen molar-refractivity contribution in [3.63, 3.8) is 0 Å². The van der Waals surface area contributed by atoms with Gasteiger partial charge >= 0.3 is 18.2 Å². The van der Waals surface area contributed by atoms with Gasteiger partial charge < -0.3 is 30.3 Å². The van der Waals surface area contributed by atoms with Crippen molar-refractivity contribution in [2.75, 3.05) is 6.54 Å². The van der Waals surface area contributed by atoms with E-state index in [4.69, 9.17) is 14.3 Å². The summed E-state index contributed by atoms with van der Waals surface area (Å²) >= 11 is 0. The second kappa shape index (κ2) is 17.4. The number of nitrogens with zero attached hydrogens (tertiary/aromatic N) is 2. The van der Waals surface area contributed by atoms with Gasteiger partial charge in [0.15, 0.2) is 0 Å². The topological polar surface area (TPSA) is 213 Å². The van der Waals surface area contributed by atoms with E-state index < -0.39 is 58.5 Å². The highest BCUT2D eigenvalue weighted by atomic mass is 16.7. The highest BCUT2D eigenvalue weighted by Crippen LogP contribution is 2.16. The highest BCUT2D eigenvalue weighted by Gasteiger charge is 2.36. The second-order valence-corrected chi connectivity index (χ2v) is 11.9. The van der Waals surface area contributed by atoms with Crippen LogP contribution in [0.3, 0.4) is 0 Å². The molecule has 3 N–H and O–H groups in total. The summed E-state index contributed by atoms with van der Waals surface area (Å²) in [6.45, 7) is 5.14. The van der Waals surface area contributed by atoms with Gasteiger partial charge in [-0.2, -0.15) is 0 Å². The van der Waals surface area contributed by atoms with Crippen molar-refractivity contribution in [2.45, 2.75) is 83.6 Å². The van der Waals surface area contributed by atoms with Crippen LogP contribution in [0, 0.1) is 10.1 Å². The molecule has 2 unspecified atom stereocenters. The summed E-state index contributed by atoms with van der Waals surface area (Å²) in [6.07, 6.45) is -1.38. The number of hydrogen-bond acceptors (Lipinski definition) is 11. The molecule has 16 heteroatoms. The van der Waals surface area contributed by atoms with Crippen LogP contribution in [0.5, 0.6) is 0 Å². The number of amides is 5. The fraction of sp³-hybridized carbons (Fsp3) is 0.438. The quantitative estimate of drug-likeness (QED) is 0.108. The van der Waals surface area contributed by atoms with Crippen LogP contribution in [0.4, 0.5) is 15.3 Å². The number of alkyl carbamates (subject to hydrolysis) is 2. The minimum atomic E-state index is -1.37. The number of carbonyl (C=O) groups excluding carboxylic acids is 6. The molecule has 48 heavy (non-hydrogen) atoms. The normalized spacial score (nSPS) is 14.0. The molecule has 0 aromatic heterocycles. The third-order valence-corrected chi connectivity index (χ3v) is 6.78. The number of unbranched alkanes of at least 4 members (excludes halogenated alkanes) is 1. The minimum Gasteiger partial charge on any atom is -0.445 e. The first-order valence-electron chi connectivity index (χ1n) is 15.3. The van der Waals surface area contributed by atoms with Crippen LogP contribution < -0.4 is 16.0 Å². The number of hydrogen-bond donors (Lipinski definition) is 3. The molecule has 2 aromatic rings. The van der Waals surface area contributed by atoms with Crippen molar-refractivity contribution < 1.29 is 48.0 Å². The van der Waals surface area contributed by atoms with Crippen molar-refractivity contribution in [1.29, 1.82) is 0 Å². The number of nitrogens with one attached hydrogen (secondary N) is 3. The lowest BCUT2D eigenvalue weighted by atomic mass is 10.0. The lowest BCUT2D eigenvalue weighted by Gasteiger charge is -2.25. The van der Waals surface area contributed by atoms with E-state index in [9.17, 15) is 38.9 Å². The Labute approximate surface area is 276 Å². The number of benzene rings is 2. The number of non-ortho nitro benzene ring substituents is 1. The maximum absolute atomic E-state index is 13.6. The molecule has 1 saturated heterocycles. The average Bonchev–Trinajstić information content (AvgIpc) is 3.34. The molecule has 1 heterocycles. The van der Waals surface area contributed by atoms with Crippen molar-refractivity contribution in [3.8, 4) is 0 Å². The van der Waals surface area contributed by atoms with E-state index in [0.717, 1.165) is 5.56 Å². The zero-order valence-electron chi connectivity index (χ0n) is 26.9. The van der Waals surface area contributed by atoms with Gasteiger partial charge in [0.1, 0.15) is 24.3 Å². The third-order valence-electron chi connectivity index (χ3n) is 6.78. The van der Waals surface area contributed by atoms with Gasteiger partial charge in [0.05, 0.1) is 4.92 Å². The first-order chi connectivity index (χ1) is 22.7. The smallest absolute Gasteiger partial charge is 0.408 e. The Morgan fingerprint density at radius 2 is 1.52 bits per heavy atom. The number of rotatable bonds is 15. The number of ether oxygens (including phenoxy) is 2. The molecule has 1 aliphatic heterocycles. The summed E-state index contributed by atoms with van der Waals surface area (Å²) in [6, 6.07) is 11.7. The monoisotopic (exact) mass is 669 g/mol. The third kappa shape index (κ3) is 12.3. The first kappa shape index (κ1) is 36.9. The SMILES string of the molecule is CC(C)(C)OC(=O)NC(Cc1ccc([N+](=O)[O-])cc1)C(=O)NC(CCCCNC(=O)OCc1ccccc1)C(=O)ON1C(=O)CCC1=O. The lowest BCUT2D eigenvalue weighted by Crippen LogP contribution is -2.54. The lowest BCUT2D eigenvalue weighted by molar-refractivity contribution is -0.384. The Kier molecular flexibility index (Phi) is 13.4. The number of imide groups is 1. The Bertz CT molecular complexity index is 1460. The van der Waals surface area contributed by atoms with Gasteiger partial charge in [0.2, 0.25) is 5.91 Å². The van der Waals surface area contributed by atoms with E-state index in [2.05, 4.69) is 16.0 Å². The number of carbonyl (C=O) groups is 6. The van der Waals surface area contributed by atoms with Crippen LogP contribution in [0.2, 0.25) is 0 Å². The van der Waals surface area contributed by atoms with Gasteiger partial charge in [0.25, 0.3) is 17.5 Å². The predicted molar refractivity (Wildman–Crippen MR) is 168 cm³/mol. The van der Waals surface area contributed by atoms with Crippen LogP contribution in [0.1, 0.15) is 64.0 Å². The van der Waals surface area contributed by atoms with Crippen molar-refractivity contribution in [2.24, 2.45) is 0 Å². The molecule has 16 nitrogen and oxygen atoms in total. The van der Waals surface area contributed by atoms with Crippen LogP contribution in [0.25, 0.3) is 0 Å². The van der Waals surface area contributed by atoms with E-state index in [1.807, 2.05) is 30.3 Å².